The lowest BCUT2D eigenvalue weighted by atomic mass is 9.90. The first kappa shape index (κ1) is 11.7. The smallest absolute Gasteiger partial charge is 0.0234 e. The molecule has 2 atom stereocenters. The standard InChI is InChI=1S/C12H24/c1-6-8-11(4)12(5)9-10(3)7-2/h9,11-12H,6-8H2,1-5H3. The van der Waals surface area contributed by atoms with Crippen molar-refractivity contribution in [3.8, 4) is 0 Å². The van der Waals surface area contributed by atoms with Crippen LogP contribution in [-0.4, -0.2) is 0 Å². The zero-order valence-electron chi connectivity index (χ0n) is 9.35. The normalized spacial score (nSPS) is 17.6. The van der Waals surface area contributed by atoms with Crippen molar-refractivity contribution in [3.63, 3.8) is 0 Å². The van der Waals surface area contributed by atoms with Crippen molar-refractivity contribution < 1.29 is 0 Å². The highest BCUT2D eigenvalue weighted by atomic mass is 14.1. The summed E-state index contributed by atoms with van der Waals surface area (Å²) in [5, 5.41) is 0. The minimum Gasteiger partial charge on any atom is -0.0825 e. The van der Waals surface area contributed by atoms with Gasteiger partial charge in [-0.25, -0.2) is 0 Å². The summed E-state index contributed by atoms with van der Waals surface area (Å²) in [5.41, 5.74) is 1.53. The Kier molecular flexibility index (Phi) is 6.14. The predicted octanol–water partition coefficient (Wildman–Crippen LogP) is 4.42. The fraction of sp³-hybridized carbons (Fsp3) is 0.833. The number of allylic oxidation sites excluding steroid dienone is 2. The molecule has 0 amide bonds. The van der Waals surface area contributed by atoms with E-state index in [1.54, 1.807) is 0 Å². The van der Waals surface area contributed by atoms with Gasteiger partial charge in [0.2, 0.25) is 0 Å². The van der Waals surface area contributed by atoms with Gasteiger partial charge in [-0.05, 0) is 25.2 Å². The van der Waals surface area contributed by atoms with Crippen LogP contribution in [0.15, 0.2) is 11.6 Å². The lowest BCUT2D eigenvalue weighted by Crippen LogP contribution is -2.05. The van der Waals surface area contributed by atoms with Crippen molar-refractivity contribution in [2.45, 2.75) is 53.9 Å². The van der Waals surface area contributed by atoms with Crippen LogP contribution in [0.2, 0.25) is 0 Å². The second-order valence-corrected chi connectivity index (χ2v) is 3.99. The maximum absolute atomic E-state index is 2.43. The zero-order chi connectivity index (χ0) is 9.56. The lowest BCUT2D eigenvalue weighted by Gasteiger charge is -2.16. The molecule has 0 N–H and O–H groups in total. The Morgan fingerprint density at radius 2 is 1.83 bits per heavy atom. The van der Waals surface area contributed by atoms with Gasteiger partial charge in [0.1, 0.15) is 0 Å². The molecule has 0 nitrogen and oxygen atoms in total. The van der Waals surface area contributed by atoms with Gasteiger partial charge in [-0.1, -0.05) is 52.2 Å². The highest BCUT2D eigenvalue weighted by Crippen LogP contribution is 2.19. The number of hydrogen-bond donors (Lipinski definition) is 0. The van der Waals surface area contributed by atoms with E-state index in [4.69, 9.17) is 0 Å². The van der Waals surface area contributed by atoms with Crippen molar-refractivity contribution in [3.05, 3.63) is 11.6 Å². The van der Waals surface area contributed by atoms with E-state index < -0.39 is 0 Å². The molecular formula is C12H24. The molecule has 0 saturated heterocycles. The van der Waals surface area contributed by atoms with E-state index in [0.29, 0.717) is 0 Å². The second-order valence-electron chi connectivity index (χ2n) is 3.99. The molecule has 2 unspecified atom stereocenters. The number of rotatable bonds is 5. The fourth-order valence-corrected chi connectivity index (χ4v) is 1.45. The summed E-state index contributed by atoms with van der Waals surface area (Å²) in [6.07, 6.45) is 6.29. The van der Waals surface area contributed by atoms with Gasteiger partial charge in [0.15, 0.2) is 0 Å². The Hall–Kier alpha value is -0.260. The SMILES string of the molecule is CCCC(C)C(C)C=C(C)CC. The van der Waals surface area contributed by atoms with E-state index in [2.05, 4.69) is 40.7 Å². The minimum atomic E-state index is 0.755. The van der Waals surface area contributed by atoms with Crippen LogP contribution < -0.4 is 0 Å². The van der Waals surface area contributed by atoms with Gasteiger partial charge in [-0.2, -0.15) is 0 Å². The van der Waals surface area contributed by atoms with Gasteiger partial charge in [0, 0.05) is 0 Å². The first-order chi connectivity index (χ1) is 5.61. The van der Waals surface area contributed by atoms with Crippen LogP contribution >= 0.6 is 0 Å². The summed E-state index contributed by atoms with van der Waals surface area (Å²) in [7, 11) is 0. The molecule has 0 aromatic carbocycles. The summed E-state index contributed by atoms with van der Waals surface area (Å²) >= 11 is 0. The predicted molar refractivity (Wildman–Crippen MR) is 57.3 cm³/mol. The van der Waals surface area contributed by atoms with Crippen LogP contribution in [0.3, 0.4) is 0 Å². The van der Waals surface area contributed by atoms with Gasteiger partial charge in [-0.15, -0.1) is 0 Å². The van der Waals surface area contributed by atoms with E-state index in [9.17, 15) is 0 Å². The maximum atomic E-state index is 2.43. The molecule has 0 heterocycles. The third-order valence-electron chi connectivity index (χ3n) is 2.75. The molecule has 0 aromatic rings. The number of hydrogen-bond acceptors (Lipinski definition) is 0. The maximum Gasteiger partial charge on any atom is -0.0234 e. The Labute approximate surface area is 78.1 Å². The summed E-state index contributed by atoms with van der Waals surface area (Å²) in [6, 6.07) is 0. The molecule has 0 radical (unpaired) electrons. The van der Waals surface area contributed by atoms with E-state index >= 15 is 0 Å². The van der Waals surface area contributed by atoms with E-state index in [0.717, 1.165) is 11.8 Å². The molecule has 0 aliphatic heterocycles. The molecule has 0 bridgehead atoms. The highest BCUT2D eigenvalue weighted by molar-refractivity contribution is 5.00. The van der Waals surface area contributed by atoms with E-state index in [1.807, 2.05) is 0 Å². The topological polar surface area (TPSA) is 0 Å². The lowest BCUT2D eigenvalue weighted by molar-refractivity contribution is 0.421. The molecule has 72 valence electrons. The largest absolute Gasteiger partial charge is 0.0825 e. The molecular weight excluding hydrogens is 144 g/mol. The van der Waals surface area contributed by atoms with Crippen molar-refractivity contribution in [1.29, 1.82) is 0 Å². The minimum absolute atomic E-state index is 0.755. The van der Waals surface area contributed by atoms with Crippen LogP contribution in [0.1, 0.15) is 53.9 Å². The average Bonchev–Trinajstić information content (AvgIpc) is 2.04. The summed E-state index contributed by atoms with van der Waals surface area (Å²) in [4.78, 5) is 0. The van der Waals surface area contributed by atoms with Gasteiger partial charge < -0.3 is 0 Å². The zero-order valence-corrected chi connectivity index (χ0v) is 9.35. The molecule has 0 rings (SSSR count). The van der Waals surface area contributed by atoms with Crippen LogP contribution in [0, 0.1) is 11.8 Å². The van der Waals surface area contributed by atoms with Gasteiger partial charge in [0.05, 0.1) is 0 Å². The molecule has 0 spiro atoms. The molecule has 0 aliphatic carbocycles. The van der Waals surface area contributed by atoms with Crippen molar-refractivity contribution in [2.24, 2.45) is 11.8 Å². The molecule has 0 aliphatic rings. The van der Waals surface area contributed by atoms with Crippen LogP contribution in [0.25, 0.3) is 0 Å². The Balaban J connectivity index is 3.92. The van der Waals surface area contributed by atoms with E-state index in [1.165, 1.54) is 24.8 Å². The molecule has 0 fully saturated rings. The van der Waals surface area contributed by atoms with Crippen LogP contribution in [0.4, 0.5) is 0 Å². The Morgan fingerprint density at radius 1 is 1.25 bits per heavy atom. The summed E-state index contributed by atoms with van der Waals surface area (Å²) < 4.78 is 0. The van der Waals surface area contributed by atoms with Crippen molar-refractivity contribution in [2.75, 3.05) is 0 Å². The van der Waals surface area contributed by atoms with Crippen LogP contribution in [0.5, 0.6) is 0 Å². The van der Waals surface area contributed by atoms with Gasteiger partial charge in [0.25, 0.3) is 0 Å². The quantitative estimate of drug-likeness (QED) is 0.533. The third kappa shape index (κ3) is 4.58. The second kappa shape index (κ2) is 6.28. The van der Waals surface area contributed by atoms with Gasteiger partial charge >= 0.3 is 0 Å². The first-order valence-electron chi connectivity index (χ1n) is 5.29. The van der Waals surface area contributed by atoms with Crippen molar-refractivity contribution in [1.82, 2.24) is 0 Å². The molecule has 0 aromatic heterocycles. The molecule has 0 heteroatoms. The highest BCUT2D eigenvalue weighted by Gasteiger charge is 2.07. The van der Waals surface area contributed by atoms with Gasteiger partial charge in [-0.3, -0.25) is 0 Å². The third-order valence-corrected chi connectivity index (χ3v) is 2.75. The van der Waals surface area contributed by atoms with Crippen LogP contribution in [-0.2, 0) is 0 Å². The fourth-order valence-electron chi connectivity index (χ4n) is 1.45. The van der Waals surface area contributed by atoms with E-state index in [-0.39, 0.29) is 0 Å². The van der Waals surface area contributed by atoms with Crippen molar-refractivity contribution >= 4 is 0 Å². The Bertz CT molecular complexity index is 133. The Morgan fingerprint density at radius 3 is 2.25 bits per heavy atom. The average molecular weight is 168 g/mol. The summed E-state index contributed by atoms with van der Waals surface area (Å²) in [6.45, 7) is 11.4. The summed E-state index contributed by atoms with van der Waals surface area (Å²) in [5.74, 6) is 1.60. The molecule has 0 saturated carbocycles. The molecule has 12 heavy (non-hydrogen) atoms. The first-order valence-corrected chi connectivity index (χ1v) is 5.29. The monoisotopic (exact) mass is 168 g/mol.